The van der Waals surface area contributed by atoms with Gasteiger partial charge in [-0.3, -0.25) is 9.97 Å². The topological polar surface area (TPSA) is 47.0 Å². The third-order valence-corrected chi connectivity index (χ3v) is 3.46. The lowest BCUT2D eigenvalue weighted by Gasteiger charge is -2.27. The second-order valence-electron chi connectivity index (χ2n) is 4.63. The second-order valence-corrected chi connectivity index (χ2v) is 4.63. The Hall–Kier alpha value is -1.78. The number of hydrogen-bond acceptors (Lipinski definition) is 4. The maximum atomic E-state index is 5.84. The van der Waals surface area contributed by atoms with Gasteiger partial charge in [0.2, 0.25) is 0 Å². The summed E-state index contributed by atoms with van der Waals surface area (Å²) in [5.41, 5.74) is 4.72. The van der Waals surface area contributed by atoms with E-state index in [2.05, 4.69) is 33.5 Å². The molecule has 0 spiro atoms. The summed E-state index contributed by atoms with van der Waals surface area (Å²) in [6.45, 7) is 1.59. The number of benzene rings is 1. The first kappa shape index (κ1) is 12.3. The highest BCUT2D eigenvalue weighted by atomic mass is 16.5. The molecule has 19 heavy (non-hydrogen) atoms. The number of rotatable bonds is 3. The average molecular weight is 255 g/mol. The van der Waals surface area contributed by atoms with Crippen LogP contribution in [0.3, 0.4) is 0 Å². The van der Waals surface area contributed by atoms with Crippen molar-refractivity contribution in [1.29, 1.82) is 0 Å². The van der Waals surface area contributed by atoms with E-state index < -0.39 is 0 Å². The first-order chi connectivity index (χ1) is 9.40. The molecule has 98 valence electrons. The molecule has 1 aliphatic rings. The Kier molecular flexibility index (Phi) is 3.53. The van der Waals surface area contributed by atoms with E-state index in [0.29, 0.717) is 0 Å². The quantitative estimate of drug-likeness (QED) is 0.911. The maximum Gasteiger partial charge on any atom is 0.0952 e. The average Bonchev–Trinajstić information content (AvgIpc) is 2.48. The summed E-state index contributed by atoms with van der Waals surface area (Å²) in [6, 6.07) is 6.33. The molecule has 2 aromatic rings. The van der Waals surface area contributed by atoms with Gasteiger partial charge in [0.15, 0.2) is 0 Å². The Morgan fingerprint density at radius 2 is 2.32 bits per heavy atom. The minimum atomic E-state index is 0.130. The molecule has 0 saturated carbocycles. The molecule has 1 aromatic heterocycles. The van der Waals surface area contributed by atoms with Gasteiger partial charge in [-0.1, -0.05) is 18.2 Å². The van der Waals surface area contributed by atoms with E-state index in [-0.39, 0.29) is 6.10 Å². The number of aromatic nitrogens is 2. The van der Waals surface area contributed by atoms with Crippen molar-refractivity contribution >= 4 is 0 Å². The standard InChI is InChI=1S/C15H17N3O/c1-16-10-15-13-4-2-3-12(11(13)5-8-19-15)14-9-17-6-7-18-14/h2-4,6-7,9,15-16H,5,8,10H2,1H3/t15-/m0/s1. The van der Waals surface area contributed by atoms with Gasteiger partial charge in [0.25, 0.3) is 0 Å². The van der Waals surface area contributed by atoms with E-state index in [0.717, 1.165) is 25.3 Å². The highest BCUT2D eigenvalue weighted by Gasteiger charge is 2.22. The normalized spacial score (nSPS) is 18.1. The van der Waals surface area contributed by atoms with Gasteiger partial charge in [-0.2, -0.15) is 0 Å². The van der Waals surface area contributed by atoms with Crippen LogP contribution in [-0.2, 0) is 11.2 Å². The van der Waals surface area contributed by atoms with Gasteiger partial charge < -0.3 is 10.1 Å². The molecule has 3 rings (SSSR count). The molecule has 0 aliphatic carbocycles. The lowest BCUT2D eigenvalue weighted by atomic mass is 9.91. The van der Waals surface area contributed by atoms with Crippen LogP contribution in [0.4, 0.5) is 0 Å². The van der Waals surface area contributed by atoms with Crippen molar-refractivity contribution < 1.29 is 4.74 Å². The molecule has 0 amide bonds. The van der Waals surface area contributed by atoms with Gasteiger partial charge in [-0.25, -0.2) is 0 Å². The van der Waals surface area contributed by atoms with Crippen molar-refractivity contribution in [3.8, 4) is 11.3 Å². The zero-order valence-electron chi connectivity index (χ0n) is 11.0. The van der Waals surface area contributed by atoms with Crippen molar-refractivity contribution in [1.82, 2.24) is 15.3 Å². The molecule has 1 aliphatic heterocycles. The van der Waals surface area contributed by atoms with Crippen molar-refractivity contribution in [3.05, 3.63) is 47.9 Å². The Morgan fingerprint density at radius 3 is 3.11 bits per heavy atom. The molecule has 4 heteroatoms. The van der Waals surface area contributed by atoms with Crippen LogP contribution in [-0.4, -0.2) is 30.2 Å². The predicted molar refractivity (Wildman–Crippen MR) is 73.8 cm³/mol. The number of ether oxygens (including phenoxy) is 1. The number of nitrogens with one attached hydrogen (secondary N) is 1. The fraction of sp³-hybridized carbons (Fsp3) is 0.333. The Morgan fingerprint density at radius 1 is 1.37 bits per heavy atom. The molecule has 0 radical (unpaired) electrons. The van der Waals surface area contributed by atoms with Gasteiger partial charge >= 0.3 is 0 Å². The zero-order chi connectivity index (χ0) is 13.1. The van der Waals surface area contributed by atoms with Gasteiger partial charge in [0, 0.05) is 24.5 Å². The molecular weight excluding hydrogens is 238 g/mol. The van der Waals surface area contributed by atoms with Gasteiger partial charge in [0.1, 0.15) is 0 Å². The summed E-state index contributed by atoms with van der Waals surface area (Å²) < 4.78 is 5.84. The summed E-state index contributed by atoms with van der Waals surface area (Å²) in [6.07, 6.45) is 6.32. The maximum absolute atomic E-state index is 5.84. The minimum Gasteiger partial charge on any atom is -0.372 e. The molecule has 1 aromatic carbocycles. The lowest BCUT2D eigenvalue weighted by molar-refractivity contribution is 0.0440. The number of likely N-dealkylation sites (N-methyl/N-ethyl adjacent to an activating group) is 1. The summed E-state index contributed by atoms with van der Waals surface area (Å²) in [7, 11) is 1.95. The van der Waals surface area contributed by atoms with E-state index in [4.69, 9.17) is 4.74 Å². The van der Waals surface area contributed by atoms with Crippen LogP contribution >= 0.6 is 0 Å². The molecule has 0 fully saturated rings. The first-order valence-electron chi connectivity index (χ1n) is 6.54. The van der Waals surface area contributed by atoms with Crippen LogP contribution in [0.5, 0.6) is 0 Å². The van der Waals surface area contributed by atoms with Crippen LogP contribution in [0.15, 0.2) is 36.8 Å². The first-order valence-corrected chi connectivity index (χ1v) is 6.54. The molecule has 0 unspecified atom stereocenters. The lowest BCUT2D eigenvalue weighted by Crippen LogP contribution is -2.25. The molecule has 0 bridgehead atoms. The van der Waals surface area contributed by atoms with E-state index >= 15 is 0 Å². The number of nitrogens with zero attached hydrogens (tertiary/aromatic N) is 2. The third-order valence-electron chi connectivity index (χ3n) is 3.46. The molecule has 2 heterocycles. The van der Waals surface area contributed by atoms with Crippen LogP contribution in [0, 0.1) is 0 Å². The zero-order valence-corrected chi connectivity index (χ0v) is 11.0. The summed E-state index contributed by atoms with van der Waals surface area (Å²) in [4.78, 5) is 8.57. The van der Waals surface area contributed by atoms with Crippen molar-refractivity contribution in [2.24, 2.45) is 0 Å². The van der Waals surface area contributed by atoms with Crippen LogP contribution in [0.25, 0.3) is 11.3 Å². The van der Waals surface area contributed by atoms with E-state index in [1.165, 1.54) is 16.7 Å². The van der Waals surface area contributed by atoms with Crippen LogP contribution in [0.1, 0.15) is 17.2 Å². The fourth-order valence-electron chi connectivity index (χ4n) is 2.61. The molecule has 1 atom stereocenters. The Balaban J connectivity index is 2.06. The molecule has 0 saturated heterocycles. The SMILES string of the molecule is CNC[C@@H]1OCCc2c(-c3cnccn3)cccc21. The monoisotopic (exact) mass is 255 g/mol. The van der Waals surface area contributed by atoms with Gasteiger partial charge in [0.05, 0.1) is 24.6 Å². The van der Waals surface area contributed by atoms with Crippen molar-refractivity contribution in [2.45, 2.75) is 12.5 Å². The van der Waals surface area contributed by atoms with Gasteiger partial charge in [-0.05, 0) is 24.6 Å². The predicted octanol–water partition coefficient (Wildman–Crippen LogP) is 1.98. The van der Waals surface area contributed by atoms with Crippen LogP contribution in [0.2, 0.25) is 0 Å². The molecular formula is C15H17N3O. The summed E-state index contributed by atoms with van der Waals surface area (Å²) in [5.74, 6) is 0. The molecule has 4 nitrogen and oxygen atoms in total. The second kappa shape index (κ2) is 5.47. The fourth-order valence-corrected chi connectivity index (χ4v) is 2.61. The Bertz CT molecular complexity index is 557. The molecule has 1 N–H and O–H groups in total. The number of hydrogen-bond donors (Lipinski definition) is 1. The van der Waals surface area contributed by atoms with Crippen molar-refractivity contribution in [2.75, 3.05) is 20.2 Å². The highest BCUT2D eigenvalue weighted by Crippen LogP contribution is 2.33. The summed E-state index contributed by atoms with van der Waals surface area (Å²) in [5, 5.41) is 3.18. The third kappa shape index (κ3) is 2.37. The highest BCUT2D eigenvalue weighted by molar-refractivity contribution is 5.65. The van der Waals surface area contributed by atoms with Gasteiger partial charge in [-0.15, -0.1) is 0 Å². The smallest absolute Gasteiger partial charge is 0.0952 e. The largest absolute Gasteiger partial charge is 0.372 e. The Labute approximate surface area is 112 Å². The number of fused-ring (bicyclic) bond motifs is 1. The van der Waals surface area contributed by atoms with E-state index in [1.807, 2.05) is 13.2 Å². The minimum absolute atomic E-state index is 0.130. The van der Waals surface area contributed by atoms with Crippen molar-refractivity contribution in [3.63, 3.8) is 0 Å². The summed E-state index contributed by atoms with van der Waals surface area (Å²) >= 11 is 0. The van der Waals surface area contributed by atoms with E-state index in [9.17, 15) is 0 Å². The van der Waals surface area contributed by atoms with E-state index in [1.54, 1.807) is 12.4 Å². The van der Waals surface area contributed by atoms with Crippen LogP contribution < -0.4 is 5.32 Å².